The van der Waals surface area contributed by atoms with Gasteiger partial charge in [-0.15, -0.1) is 0 Å². The number of nitrogens with zero attached hydrogens (tertiary/aromatic N) is 2. The Morgan fingerprint density at radius 2 is 1.95 bits per heavy atom. The van der Waals surface area contributed by atoms with E-state index in [-0.39, 0.29) is 23.1 Å². The normalized spacial score (nSPS) is 26.4. The number of hydrogen-bond acceptors (Lipinski definition) is 3. The Hall–Kier alpha value is -1.17. The molecule has 1 amide bonds. The topological polar surface area (TPSA) is 43.8 Å². The highest BCUT2D eigenvalue weighted by Gasteiger charge is 2.33. The Morgan fingerprint density at radius 3 is 2.55 bits per heavy atom. The number of piperazine rings is 1. The van der Waals surface area contributed by atoms with Gasteiger partial charge in [0.1, 0.15) is 5.82 Å². The van der Waals surface area contributed by atoms with E-state index in [1.807, 2.05) is 0 Å². The van der Waals surface area contributed by atoms with E-state index < -0.39 is 5.82 Å². The van der Waals surface area contributed by atoms with Crippen LogP contribution in [0.2, 0.25) is 5.02 Å². The number of halogens is 2. The van der Waals surface area contributed by atoms with Gasteiger partial charge in [0.15, 0.2) is 0 Å². The molecule has 0 spiro atoms. The molecule has 1 aromatic carbocycles. The number of benzene rings is 1. The van der Waals surface area contributed by atoms with Crippen LogP contribution in [0.15, 0.2) is 18.2 Å². The van der Waals surface area contributed by atoms with Crippen molar-refractivity contribution in [1.29, 1.82) is 0 Å². The lowest BCUT2D eigenvalue weighted by atomic mass is 10.1. The van der Waals surface area contributed by atoms with Crippen LogP contribution >= 0.6 is 11.6 Å². The minimum Gasteiger partial charge on any atom is -0.391 e. The molecule has 1 saturated heterocycles. The minimum absolute atomic E-state index is 0.152. The standard InChI is InChI=1S/C16H20ClFN2O2/c17-13-10-11(18)4-5-12(13)16(22)20-8-6-19(7-9-20)14-2-1-3-15(14)21/h4-5,10,14-15,21H,1-3,6-9H2/t14-,15-/m1/s1. The Bertz CT molecular complexity index is 561. The van der Waals surface area contributed by atoms with Gasteiger partial charge in [-0.1, -0.05) is 11.6 Å². The summed E-state index contributed by atoms with van der Waals surface area (Å²) in [7, 11) is 0. The van der Waals surface area contributed by atoms with Crippen LogP contribution in [0.25, 0.3) is 0 Å². The third-order valence-electron chi connectivity index (χ3n) is 4.68. The number of aliphatic hydroxyl groups is 1. The van der Waals surface area contributed by atoms with Gasteiger partial charge < -0.3 is 10.0 Å². The van der Waals surface area contributed by atoms with Crippen molar-refractivity contribution in [3.8, 4) is 0 Å². The molecular formula is C16H20ClFN2O2. The molecule has 3 rings (SSSR count). The quantitative estimate of drug-likeness (QED) is 0.905. The largest absolute Gasteiger partial charge is 0.391 e. The van der Waals surface area contributed by atoms with Crippen molar-refractivity contribution in [1.82, 2.24) is 9.80 Å². The van der Waals surface area contributed by atoms with Gasteiger partial charge in [0.2, 0.25) is 0 Å². The molecule has 0 bridgehead atoms. The molecule has 120 valence electrons. The zero-order chi connectivity index (χ0) is 15.7. The Labute approximate surface area is 134 Å². The smallest absolute Gasteiger partial charge is 0.255 e. The van der Waals surface area contributed by atoms with Crippen LogP contribution in [0.4, 0.5) is 4.39 Å². The van der Waals surface area contributed by atoms with Gasteiger partial charge in [0.05, 0.1) is 16.7 Å². The second-order valence-corrected chi connectivity index (χ2v) is 6.43. The predicted molar refractivity (Wildman–Crippen MR) is 82.5 cm³/mol. The third kappa shape index (κ3) is 3.12. The van der Waals surface area contributed by atoms with Crippen LogP contribution < -0.4 is 0 Å². The maximum absolute atomic E-state index is 13.1. The maximum atomic E-state index is 13.1. The first-order valence-electron chi connectivity index (χ1n) is 7.72. The first-order chi connectivity index (χ1) is 10.6. The molecule has 1 heterocycles. The predicted octanol–water partition coefficient (Wildman–Crippen LogP) is 2.15. The summed E-state index contributed by atoms with van der Waals surface area (Å²) in [6, 6.07) is 4.09. The Morgan fingerprint density at radius 1 is 1.23 bits per heavy atom. The Balaban J connectivity index is 1.62. The van der Waals surface area contributed by atoms with Crippen molar-refractivity contribution in [3.05, 3.63) is 34.6 Å². The second kappa shape index (κ2) is 6.52. The monoisotopic (exact) mass is 326 g/mol. The highest BCUT2D eigenvalue weighted by atomic mass is 35.5. The molecule has 6 heteroatoms. The van der Waals surface area contributed by atoms with E-state index in [1.165, 1.54) is 18.2 Å². The van der Waals surface area contributed by atoms with Gasteiger partial charge in [0.25, 0.3) is 5.91 Å². The van der Waals surface area contributed by atoms with E-state index in [0.29, 0.717) is 18.7 Å². The summed E-state index contributed by atoms with van der Waals surface area (Å²) >= 11 is 5.96. The summed E-state index contributed by atoms with van der Waals surface area (Å²) in [5, 5.41) is 10.1. The Kier molecular flexibility index (Phi) is 4.66. The summed E-state index contributed by atoms with van der Waals surface area (Å²) in [6.07, 6.45) is 2.72. The lowest BCUT2D eigenvalue weighted by Gasteiger charge is -2.39. The van der Waals surface area contributed by atoms with Crippen LogP contribution in [0.5, 0.6) is 0 Å². The van der Waals surface area contributed by atoms with Gasteiger partial charge in [0, 0.05) is 32.2 Å². The molecule has 1 aromatic rings. The van der Waals surface area contributed by atoms with E-state index in [4.69, 9.17) is 11.6 Å². The SMILES string of the molecule is O=C(c1ccc(F)cc1Cl)N1CCN([C@@H]2CCC[C@H]2O)CC1. The van der Waals surface area contributed by atoms with E-state index in [9.17, 15) is 14.3 Å². The lowest BCUT2D eigenvalue weighted by molar-refractivity contribution is 0.0315. The van der Waals surface area contributed by atoms with Gasteiger partial charge in [-0.2, -0.15) is 0 Å². The van der Waals surface area contributed by atoms with E-state index in [2.05, 4.69) is 4.90 Å². The number of amides is 1. The molecular weight excluding hydrogens is 307 g/mol. The fraction of sp³-hybridized carbons (Fsp3) is 0.562. The van der Waals surface area contributed by atoms with Gasteiger partial charge >= 0.3 is 0 Å². The fourth-order valence-corrected chi connectivity index (χ4v) is 3.68. The molecule has 1 aliphatic carbocycles. The van der Waals surface area contributed by atoms with Crippen LogP contribution in [0.3, 0.4) is 0 Å². The first-order valence-corrected chi connectivity index (χ1v) is 8.10. The average Bonchev–Trinajstić information content (AvgIpc) is 2.93. The van der Waals surface area contributed by atoms with E-state index >= 15 is 0 Å². The first kappa shape index (κ1) is 15.7. The van der Waals surface area contributed by atoms with Crippen LogP contribution in [-0.2, 0) is 0 Å². The molecule has 2 fully saturated rings. The number of rotatable bonds is 2. The van der Waals surface area contributed by atoms with Crippen molar-refractivity contribution in [3.63, 3.8) is 0 Å². The number of carbonyl (C=O) groups is 1. The molecule has 0 aromatic heterocycles. The molecule has 2 aliphatic rings. The summed E-state index contributed by atoms with van der Waals surface area (Å²) in [6.45, 7) is 2.73. The molecule has 0 radical (unpaired) electrons. The van der Waals surface area contributed by atoms with Gasteiger partial charge in [-0.25, -0.2) is 4.39 Å². The van der Waals surface area contributed by atoms with Crippen LogP contribution in [0.1, 0.15) is 29.6 Å². The lowest BCUT2D eigenvalue weighted by Crippen LogP contribution is -2.53. The van der Waals surface area contributed by atoms with Crippen molar-refractivity contribution in [2.45, 2.75) is 31.4 Å². The summed E-state index contributed by atoms with van der Waals surface area (Å²) in [5.41, 5.74) is 0.345. The highest BCUT2D eigenvalue weighted by molar-refractivity contribution is 6.33. The van der Waals surface area contributed by atoms with Crippen molar-refractivity contribution in [2.24, 2.45) is 0 Å². The second-order valence-electron chi connectivity index (χ2n) is 6.02. The zero-order valence-corrected chi connectivity index (χ0v) is 13.1. The van der Waals surface area contributed by atoms with Crippen LogP contribution in [0, 0.1) is 5.82 Å². The van der Waals surface area contributed by atoms with E-state index in [0.717, 1.165) is 32.4 Å². The molecule has 1 saturated carbocycles. The van der Waals surface area contributed by atoms with Crippen molar-refractivity contribution < 1.29 is 14.3 Å². The highest BCUT2D eigenvalue weighted by Crippen LogP contribution is 2.26. The zero-order valence-electron chi connectivity index (χ0n) is 12.3. The molecule has 1 N–H and O–H groups in total. The van der Waals surface area contributed by atoms with E-state index in [1.54, 1.807) is 4.90 Å². The molecule has 0 unspecified atom stereocenters. The van der Waals surface area contributed by atoms with Crippen molar-refractivity contribution >= 4 is 17.5 Å². The van der Waals surface area contributed by atoms with Crippen LogP contribution in [-0.4, -0.2) is 59.1 Å². The third-order valence-corrected chi connectivity index (χ3v) is 4.99. The number of hydrogen-bond donors (Lipinski definition) is 1. The summed E-state index contributed by atoms with van der Waals surface area (Å²) in [4.78, 5) is 16.5. The molecule has 1 aliphatic heterocycles. The number of aliphatic hydroxyl groups excluding tert-OH is 1. The minimum atomic E-state index is -0.443. The summed E-state index contributed by atoms with van der Waals surface area (Å²) in [5.74, 6) is -0.599. The maximum Gasteiger partial charge on any atom is 0.255 e. The average molecular weight is 327 g/mol. The number of carbonyl (C=O) groups excluding carboxylic acids is 1. The van der Waals surface area contributed by atoms with Gasteiger partial charge in [-0.3, -0.25) is 9.69 Å². The fourth-order valence-electron chi connectivity index (χ4n) is 3.44. The molecule has 22 heavy (non-hydrogen) atoms. The van der Waals surface area contributed by atoms with Gasteiger partial charge in [-0.05, 0) is 37.5 Å². The molecule has 2 atom stereocenters. The molecule has 4 nitrogen and oxygen atoms in total. The van der Waals surface area contributed by atoms with Crippen molar-refractivity contribution in [2.75, 3.05) is 26.2 Å². The summed E-state index contributed by atoms with van der Waals surface area (Å²) < 4.78 is 13.1.